The molecule has 0 unspecified atom stereocenters. The van der Waals surface area contributed by atoms with E-state index in [9.17, 15) is 0 Å². The van der Waals surface area contributed by atoms with Gasteiger partial charge in [0, 0.05) is 132 Å². The number of rotatable bonds is 13. The van der Waals surface area contributed by atoms with Crippen LogP contribution < -0.4 is 14.5 Å². The third kappa shape index (κ3) is 23.7. The molecule has 3 heterocycles. The van der Waals surface area contributed by atoms with Crippen LogP contribution >= 0.6 is 11.8 Å². The molecule has 0 aliphatic carbocycles. The van der Waals surface area contributed by atoms with E-state index in [2.05, 4.69) is 422 Å². The lowest BCUT2D eigenvalue weighted by atomic mass is 10.1. The molecule has 118 heavy (non-hydrogen) atoms. The minimum Gasteiger partial charge on any atom is -0.497 e. The third-order valence-corrected chi connectivity index (χ3v) is 21.2. The van der Waals surface area contributed by atoms with Crippen molar-refractivity contribution in [1.29, 1.82) is 0 Å². The van der Waals surface area contributed by atoms with E-state index >= 15 is 0 Å². The number of unbranched alkanes of at least 4 members (excludes halogenated alkanes) is 3. The first-order valence-electron chi connectivity index (χ1n) is 40.7. The Labute approximate surface area is 702 Å². The van der Waals surface area contributed by atoms with E-state index in [0.29, 0.717) is 0 Å². The van der Waals surface area contributed by atoms with Crippen LogP contribution in [-0.4, -0.2) is 27.9 Å². The number of para-hydroxylation sites is 10. The molecule has 586 valence electrons. The van der Waals surface area contributed by atoms with E-state index < -0.39 is 0 Å². The molecule has 6 nitrogen and oxygen atoms in total. The summed E-state index contributed by atoms with van der Waals surface area (Å²) in [5.41, 5.74) is 15.0. The number of hydrogen-bond donors (Lipinski definition) is 0. The van der Waals surface area contributed by atoms with Crippen LogP contribution in [0, 0.1) is 6.92 Å². The van der Waals surface area contributed by atoms with Crippen LogP contribution in [0.25, 0.3) is 76.2 Å². The quantitative estimate of drug-likeness (QED) is 0.108. The molecule has 0 fully saturated rings. The average molecular weight is 1560 g/mol. The fourth-order valence-electron chi connectivity index (χ4n) is 14.1. The van der Waals surface area contributed by atoms with Crippen molar-refractivity contribution in [3.8, 4) is 5.75 Å². The maximum atomic E-state index is 5.26. The topological polar surface area (TPSA) is 30.5 Å². The standard InChI is InChI=1S/C18H15N.C18H21N.C14H13NO.C13H11N.C13H13N.C12H10S.C10H8.C7H8.C6H6/c1-4-10-16(11-5-1)19(17-12-6-2-7-13-17)18-14-8-3-9-15-18;1-2-3-4-9-14-19-17-12-7-5-10-15(17)16-11-6-8-13-18(16)19;1-15-13-6-4-3-5-11(13)12-8-7-10(16-2)9-14(12)15;1-14-12-8-4-2-6-10(12)11-7-3-5-9-13(11)14;1-14(12-8-4-2-5-9-12)13-10-6-3-7-11-13;1-3-7-11(8-4-1)13-12-9-5-2-6-10-12;1-2-6-10-8-4-3-7-9(10)5-1;1-7-5-3-2-4-6-7;1-2-4-6-5-3-1/h1-15H;5-8,10-13H,2-4,9,14H2,1H3;3-9H,1-2H3;2-9H,1H3;2-11H,1H3;1-10H;1-8H;2-6H,1H3;1-6H. The number of fused-ring (bicyclic) bond motifs is 10. The number of aromatic nitrogens is 3. The van der Waals surface area contributed by atoms with Gasteiger partial charge in [-0.1, -0.05) is 377 Å². The maximum absolute atomic E-state index is 5.26. The Morgan fingerprint density at radius 3 is 0.873 bits per heavy atom. The minimum atomic E-state index is 0.901. The van der Waals surface area contributed by atoms with Crippen LogP contribution in [0.5, 0.6) is 5.75 Å². The van der Waals surface area contributed by atoms with Crippen LogP contribution in [-0.2, 0) is 20.6 Å². The molecule has 3 aromatic heterocycles. The number of ether oxygens (including phenoxy) is 1. The maximum Gasteiger partial charge on any atom is 0.120 e. The van der Waals surface area contributed by atoms with Crippen LogP contribution in [0.15, 0.2) is 477 Å². The molecule has 17 aromatic carbocycles. The van der Waals surface area contributed by atoms with Crippen molar-refractivity contribution in [2.45, 2.75) is 55.9 Å². The highest BCUT2D eigenvalue weighted by atomic mass is 32.2. The highest BCUT2D eigenvalue weighted by molar-refractivity contribution is 7.99. The van der Waals surface area contributed by atoms with Crippen molar-refractivity contribution in [3.05, 3.63) is 473 Å². The molecule has 0 N–H and O–H groups in total. The molecule has 20 aromatic rings. The molecule has 20 rings (SSSR count). The van der Waals surface area contributed by atoms with E-state index in [1.165, 1.54) is 146 Å². The Morgan fingerprint density at radius 1 is 0.271 bits per heavy atom. The molecule has 0 aliphatic rings. The fourth-order valence-corrected chi connectivity index (χ4v) is 15.0. The van der Waals surface area contributed by atoms with Gasteiger partial charge in [-0.2, -0.15) is 0 Å². The molecule has 0 bridgehead atoms. The number of anilines is 5. The number of methoxy groups -OCH3 is 1. The van der Waals surface area contributed by atoms with Crippen LogP contribution in [0.3, 0.4) is 0 Å². The van der Waals surface area contributed by atoms with Crippen molar-refractivity contribution >= 4 is 116 Å². The van der Waals surface area contributed by atoms with Gasteiger partial charge in [-0.25, -0.2) is 0 Å². The summed E-state index contributed by atoms with van der Waals surface area (Å²) < 4.78 is 12.2. The van der Waals surface area contributed by atoms with Gasteiger partial charge in [-0.05, 0) is 152 Å². The van der Waals surface area contributed by atoms with Crippen molar-refractivity contribution in [3.63, 3.8) is 0 Å². The lowest BCUT2D eigenvalue weighted by molar-refractivity contribution is 0.415. The molecule has 0 radical (unpaired) electrons. The van der Waals surface area contributed by atoms with Gasteiger partial charge in [0.15, 0.2) is 0 Å². The summed E-state index contributed by atoms with van der Waals surface area (Å²) in [5, 5.41) is 10.6. The second kappa shape index (κ2) is 45.3. The molecule has 0 saturated carbocycles. The average Bonchev–Trinajstić information content (AvgIpc) is 1.63. The van der Waals surface area contributed by atoms with Crippen LogP contribution in [0.4, 0.5) is 28.4 Å². The Bertz CT molecular complexity index is 5850. The first kappa shape index (κ1) is 83.6. The van der Waals surface area contributed by atoms with Crippen LogP contribution in [0.1, 0.15) is 38.2 Å². The molecule has 7 heteroatoms. The minimum absolute atomic E-state index is 0.901. The lowest BCUT2D eigenvalue weighted by Gasteiger charge is -2.25. The Hall–Kier alpha value is -13.9. The highest BCUT2D eigenvalue weighted by Crippen LogP contribution is 2.36. The van der Waals surface area contributed by atoms with Gasteiger partial charge in [0.25, 0.3) is 0 Å². The SMILES string of the molecule is CCCCCCn1c2ccccc2c2ccccc21.CN(c1ccccc1)c1ccccc1.COc1ccc2c3ccccc3n(C)c2c1.Cc1ccccc1.Cn1c2ccccc2c2ccccc21.c1ccc(N(c2ccccc2)c2ccccc2)cc1.c1ccc(Sc2ccccc2)cc1.c1ccc2ccccc2c1.c1ccccc1. The van der Waals surface area contributed by atoms with Gasteiger partial charge < -0.3 is 28.2 Å². The van der Waals surface area contributed by atoms with E-state index in [4.69, 9.17) is 4.74 Å². The van der Waals surface area contributed by atoms with E-state index in [-0.39, 0.29) is 0 Å². The smallest absolute Gasteiger partial charge is 0.120 e. The van der Waals surface area contributed by atoms with Gasteiger partial charge in [0.05, 0.1) is 12.6 Å². The third-order valence-electron chi connectivity index (χ3n) is 20.2. The van der Waals surface area contributed by atoms with Gasteiger partial charge in [0.1, 0.15) is 5.75 Å². The molecule has 0 amide bonds. The summed E-state index contributed by atoms with van der Waals surface area (Å²) in [6, 6.07) is 161. The Morgan fingerprint density at radius 2 is 0.542 bits per heavy atom. The largest absolute Gasteiger partial charge is 0.497 e. The van der Waals surface area contributed by atoms with Gasteiger partial charge in [-0.15, -0.1) is 0 Å². The summed E-state index contributed by atoms with van der Waals surface area (Å²) in [7, 11) is 7.98. The summed E-state index contributed by atoms with van der Waals surface area (Å²) in [5.74, 6) is 0.901. The molecular weight excluding hydrogens is 1450 g/mol. The van der Waals surface area contributed by atoms with Gasteiger partial charge in [0.2, 0.25) is 0 Å². The molecule has 0 aliphatic heterocycles. The van der Waals surface area contributed by atoms with Gasteiger partial charge >= 0.3 is 0 Å². The molecule has 0 atom stereocenters. The molecule has 0 spiro atoms. The predicted octanol–water partition coefficient (Wildman–Crippen LogP) is 31.0. The first-order valence-corrected chi connectivity index (χ1v) is 41.5. The van der Waals surface area contributed by atoms with Crippen molar-refractivity contribution in [1.82, 2.24) is 13.7 Å². The van der Waals surface area contributed by atoms with E-state index in [1.54, 1.807) is 18.9 Å². The molecule has 0 saturated heterocycles. The zero-order valence-corrected chi connectivity index (χ0v) is 69.4. The van der Waals surface area contributed by atoms with E-state index in [1.807, 2.05) is 103 Å². The first-order chi connectivity index (χ1) is 58.2. The lowest BCUT2D eigenvalue weighted by Crippen LogP contribution is -2.09. The summed E-state index contributed by atoms with van der Waals surface area (Å²) in [6.45, 7) is 5.48. The molecular formula is C111H105N5OS. The van der Waals surface area contributed by atoms with Crippen molar-refractivity contribution in [2.24, 2.45) is 14.1 Å². The number of nitrogens with zero attached hydrogens (tertiary/aromatic N) is 5. The Kier molecular flexibility index (Phi) is 32.1. The Balaban J connectivity index is 0.000000124. The number of hydrogen-bond acceptors (Lipinski definition) is 4. The van der Waals surface area contributed by atoms with Crippen LogP contribution in [0.2, 0.25) is 0 Å². The summed E-state index contributed by atoms with van der Waals surface area (Å²) in [4.78, 5) is 6.99. The predicted molar refractivity (Wildman–Crippen MR) is 512 cm³/mol. The van der Waals surface area contributed by atoms with Crippen molar-refractivity contribution < 1.29 is 4.74 Å². The van der Waals surface area contributed by atoms with Crippen molar-refractivity contribution in [2.75, 3.05) is 24.0 Å². The summed E-state index contributed by atoms with van der Waals surface area (Å²) >= 11 is 1.79. The normalized spacial score (nSPS) is 10.3. The zero-order chi connectivity index (χ0) is 81.6. The number of benzene rings is 17. The van der Waals surface area contributed by atoms with Gasteiger partial charge in [-0.3, -0.25) is 0 Å². The summed E-state index contributed by atoms with van der Waals surface area (Å²) in [6.07, 6.45) is 5.25. The second-order valence-corrected chi connectivity index (χ2v) is 29.4. The van der Waals surface area contributed by atoms with E-state index in [0.717, 1.165) is 12.3 Å². The zero-order valence-electron chi connectivity index (χ0n) is 68.5. The highest BCUT2D eigenvalue weighted by Gasteiger charge is 2.13. The fraction of sp³-hybridized carbons (Fsp3) is 0.0991. The second-order valence-electron chi connectivity index (χ2n) is 28.3. The monoisotopic (exact) mass is 1560 g/mol. The number of aryl methyl sites for hydroxylation is 4.